The van der Waals surface area contributed by atoms with Crippen molar-refractivity contribution in [3.8, 4) is 0 Å². The van der Waals surface area contributed by atoms with Gasteiger partial charge in [0.2, 0.25) is 5.91 Å². The molecule has 1 amide bonds. The van der Waals surface area contributed by atoms with Crippen LogP contribution in [0.5, 0.6) is 0 Å². The highest BCUT2D eigenvalue weighted by molar-refractivity contribution is 5.76. The molecule has 0 radical (unpaired) electrons. The lowest BCUT2D eigenvalue weighted by Crippen LogP contribution is -2.48. The minimum Gasteiger partial charge on any atom is -0.375 e. The van der Waals surface area contributed by atoms with Gasteiger partial charge in [0.05, 0.1) is 19.1 Å². The van der Waals surface area contributed by atoms with Gasteiger partial charge in [0, 0.05) is 26.2 Å². The lowest BCUT2D eigenvalue weighted by Gasteiger charge is -2.27. The summed E-state index contributed by atoms with van der Waals surface area (Å²) in [7, 11) is 0. The molecule has 0 saturated carbocycles. The molecule has 0 atom stereocenters. The van der Waals surface area contributed by atoms with Gasteiger partial charge in [0.25, 0.3) is 0 Å². The van der Waals surface area contributed by atoms with Crippen LogP contribution in [0, 0.1) is 0 Å². The molecule has 0 spiro atoms. The number of nitrogens with one attached hydrogen (secondary N) is 1. The summed E-state index contributed by atoms with van der Waals surface area (Å²) in [6, 6.07) is 0. The number of carbonyl (C=O) groups is 1. The van der Waals surface area contributed by atoms with Crippen molar-refractivity contribution in [2.24, 2.45) is 0 Å². The third-order valence-electron chi connectivity index (χ3n) is 2.53. The van der Waals surface area contributed by atoms with E-state index in [4.69, 9.17) is 4.74 Å². The quantitative estimate of drug-likeness (QED) is 0.667. The standard InChI is InChI=1S/C10H20N2O2/c1-3-12(4-2)10(13)5-6-14-9-7-11-8-9/h9,11H,3-8H2,1-2H3. The van der Waals surface area contributed by atoms with E-state index in [9.17, 15) is 4.79 Å². The van der Waals surface area contributed by atoms with E-state index in [1.807, 2.05) is 18.7 Å². The molecule has 0 aliphatic carbocycles. The summed E-state index contributed by atoms with van der Waals surface area (Å²) in [5.41, 5.74) is 0. The third kappa shape index (κ3) is 3.27. The average Bonchev–Trinajstić information content (AvgIpc) is 2.11. The number of rotatable bonds is 6. The second kappa shape index (κ2) is 5.98. The molecule has 1 N–H and O–H groups in total. The van der Waals surface area contributed by atoms with E-state index < -0.39 is 0 Å². The Kier molecular flexibility index (Phi) is 4.90. The van der Waals surface area contributed by atoms with Crippen LogP contribution in [0.2, 0.25) is 0 Å². The lowest BCUT2D eigenvalue weighted by molar-refractivity contribution is -0.132. The molecule has 0 aromatic heterocycles. The highest BCUT2D eigenvalue weighted by Crippen LogP contribution is 2.00. The third-order valence-corrected chi connectivity index (χ3v) is 2.53. The molecule has 0 aromatic carbocycles. The zero-order valence-corrected chi connectivity index (χ0v) is 9.08. The maximum Gasteiger partial charge on any atom is 0.224 e. The molecule has 4 heteroatoms. The van der Waals surface area contributed by atoms with Crippen LogP contribution in [-0.4, -0.2) is 49.7 Å². The van der Waals surface area contributed by atoms with Crippen LogP contribution < -0.4 is 5.32 Å². The smallest absolute Gasteiger partial charge is 0.224 e. The van der Waals surface area contributed by atoms with E-state index in [1.165, 1.54) is 0 Å². The predicted molar refractivity (Wildman–Crippen MR) is 55.2 cm³/mol. The fraction of sp³-hybridized carbons (Fsp3) is 0.900. The molecule has 82 valence electrons. The Balaban J connectivity index is 2.06. The van der Waals surface area contributed by atoms with Gasteiger partial charge in [-0.3, -0.25) is 4.79 Å². The monoisotopic (exact) mass is 200 g/mol. The molecule has 1 heterocycles. The number of hydrogen-bond donors (Lipinski definition) is 1. The predicted octanol–water partition coefficient (Wildman–Crippen LogP) is 0.233. The molecule has 0 aromatic rings. The van der Waals surface area contributed by atoms with Crippen molar-refractivity contribution in [3.05, 3.63) is 0 Å². The Morgan fingerprint density at radius 3 is 2.50 bits per heavy atom. The number of ether oxygens (including phenoxy) is 1. The first-order chi connectivity index (χ1) is 6.77. The summed E-state index contributed by atoms with van der Waals surface area (Å²) in [6.45, 7) is 8.00. The van der Waals surface area contributed by atoms with Crippen LogP contribution in [-0.2, 0) is 9.53 Å². The SMILES string of the molecule is CCN(CC)C(=O)CCOC1CNC1. The first-order valence-electron chi connectivity index (χ1n) is 5.38. The summed E-state index contributed by atoms with van der Waals surface area (Å²) in [6.07, 6.45) is 0.845. The number of carbonyl (C=O) groups excluding carboxylic acids is 1. The van der Waals surface area contributed by atoms with Crippen LogP contribution in [0.25, 0.3) is 0 Å². The molecule has 0 unspecified atom stereocenters. The normalized spacial score (nSPS) is 16.4. The van der Waals surface area contributed by atoms with Gasteiger partial charge in [0.15, 0.2) is 0 Å². The molecule has 1 saturated heterocycles. The molecular formula is C10H20N2O2. The summed E-state index contributed by atoms with van der Waals surface area (Å²) >= 11 is 0. The first-order valence-corrected chi connectivity index (χ1v) is 5.38. The maximum absolute atomic E-state index is 11.5. The zero-order valence-electron chi connectivity index (χ0n) is 9.08. The van der Waals surface area contributed by atoms with Crippen LogP contribution in [0.15, 0.2) is 0 Å². The van der Waals surface area contributed by atoms with E-state index in [-0.39, 0.29) is 5.91 Å². The van der Waals surface area contributed by atoms with Gasteiger partial charge in [-0.15, -0.1) is 0 Å². The van der Waals surface area contributed by atoms with Gasteiger partial charge in [-0.25, -0.2) is 0 Å². The van der Waals surface area contributed by atoms with Gasteiger partial charge in [0.1, 0.15) is 0 Å². The summed E-state index contributed by atoms with van der Waals surface area (Å²) in [4.78, 5) is 13.4. The minimum atomic E-state index is 0.197. The molecule has 4 nitrogen and oxygen atoms in total. The highest BCUT2D eigenvalue weighted by Gasteiger charge is 2.17. The van der Waals surface area contributed by atoms with Crippen LogP contribution in [0.1, 0.15) is 20.3 Å². The van der Waals surface area contributed by atoms with Crippen molar-refractivity contribution in [1.29, 1.82) is 0 Å². The Bertz CT molecular complexity index is 177. The van der Waals surface area contributed by atoms with Gasteiger partial charge in [-0.05, 0) is 13.8 Å². The number of nitrogens with zero attached hydrogens (tertiary/aromatic N) is 1. The van der Waals surface area contributed by atoms with E-state index in [1.54, 1.807) is 0 Å². The van der Waals surface area contributed by atoms with Crippen molar-refractivity contribution in [3.63, 3.8) is 0 Å². The fourth-order valence-corrected chi connectivity index (χ4v) is 1.43. The summed E-state index contributed by atoms with van der Waals surface area (Å²) in [5.74, 6) is 0.197. The zero-order chi connectivity index (χ0) is 10.4. The second-order valence-corrected chi connectivity index (χ2v) is 3.47. The Hall–Kier alpha value is -0.610. The molecule has 1 aliphatic rings. The van der Waals surface area contributed by atoms with Crippen LogP contribution in [0.3, 0.4) is 0 Å². The van der Waals surface area contributed by atoms with Gasteiger partial charge in [-0.2, -0.15) is 0 Å². The molecule has 1 fully saturated rings. The van der Waals surface area contributed by atoms with E-state index in [2.05, 4.69) is 5.32 Å². The van der Waals surface area contributed by atoms with Crippen LogP contribution in [0.4, 0.5) is 0 Å². The summed E-state index contributed by atoms with van der Waals surface area (Å²) < 4.78 is 5.48. The topological polar surface area (TPSA) is 41.6 Å². The summed E-state index contributed by atoms with van der Waals surface area (Å²) in [5, 5.41) is 3.12. The van der Waals surface area contributed by atoms with Gasteiger partial charge >= 0.3 is 0 Å². The Morgan fingerprint density at radius 2 is 2.07 bits per heavy atom. The largest absolute Gasteiger partial charge is 0.375 e. The fourth-order valence-electron chi connectivity index (χ4n) is 1.43. The van der Waals surface area contributed by atoms with Crippen molar-refractivity contribution < 1.29 is 9.53 Å². The van der Waals surface area contributed by atoms with E-state index in [0.717, 1.165) is 26.2 Å². The minimum absolute atomic E-state index is 0.197. The first kappa shape index (κ1) is 11.5. The highest BCUT2D eigenvalue weighted by atomic mass is 16.5. The van der Waals surface area contributed by atoms with Crippen molar-refractivity contribution in [2.75, 3.05) is 32.8 Å². The average molecular weight is 200 g/mol. The molecule has 0 bridgehead atoms. The Morgan fingerprint density at radius 1 is 1.43 bits per heavy atom. The Labute approximate surface area is 85.6 Å². The van der Waals surface area contributed by atoms with Gasteiger partial charge < -0.3 is 15.0 Å². The van der Waals surface area contributed by atoms with Crippen LogP contribution >= 0.6 is 0 Å². The van der Waals surface area contributed by atoms with Crippen molar-refractivity contribution in [2.45, 2.75) is 26.4 Å². The molecular weight excluding hydrogens is 180 g/mol. The molecule has 14 heavy (non-hydrogen) atoms. The van der Waals surface area contributed by atoms with Gasteiger partial charge in [-0.1, -0.05) is 0 Å². The molecule has 1 rings (SSSR count). The molecule has 1 aliphatic heterocycles. The van der Waals surface area contributed by atoms with E-state index >= 15 is 0 Å². The maximum atomic E-state index is 11.5. The second-order valence-electron chi connectivity index (χ2n) is 3.47. The van der Waals surface area contributed by atoms with Crippen molar-refractivity contribution >= 4 is 5.91 Å². The number of amides is 1. The lowest BCUT2D eigenvalue weighted by atomic mass is 10.2. The van der Waals surface area contributed by atoms with E-state index in [0.29, 0.717) is 19.1 Å². The van der Waals surface area contributed by atoms with Crippen molar-refractivity contribution in [1.82, 2.24) is 10.2 Å². The number of hydrogen-bond acceptors (Lipinski definition) is 3.